The van der Waals surface area contributed by atoms with Crippen LogP contribution in [0, 0.1) is 58.7 Å². The lowest BCUT2D eigenvalue weighted by Crippen LogP contribution is -2.37. The van der Waals surface area contributed by atoms with Crippen LogP contribution in [0.5, 0.6) is 0 Å². The molecular weight excluding hydrogens is 1630 g/mol. The summed E-state index contributed by atoms with van der Waals surface area (Å²) in [5.41, 5.74) is 33.5. The second kappa shape index (κ2) is 35.2. The highest BCUT2D eigenvalue weighted by Gasteiger charge is 2.31. The van der Waals surface area contributed by atoms with Crippen LogP contribution in [-0.4, -0.2) is 16.1 Å². The van der Waals surface area contributed by atoms with E-state index >= 15 is 0 Å². The first-order valence-electron chi connectivity index (χ1n) is 44.3. The lowest BCUT2D eigenvalue weighted by molar-refractivity contribution is -0.660. The van der Waals surface area contributed by atoms with Gasteiger partial charge in [-0.2, -0.15) is 5.26 Å². The van der Waals surface area contributed by atoms with Gasteiger partial charge in [0, 0.05) is 103 Å². The van der Waals surface area contributed by atoms with E-state index < -0.39 is 16.1 Å². The average molecular weight is 1730 g/mol. The Labute approximate surface area is 762 Å². The van der Waals surface area contributed by atoms with Crippen LogP contribution in [-0.2, 0) is 28.2 Å². The smallest absolute Gasteiger partial charge is 0.216 e. The van der Waals surface area contributed by atoms with Gasteiger partial charge < -0.3 is 17.7 Å². The predicted octanol–water partition coefficient (Wildman–Crippen LogP) is 29.1. The molecule has 12 aromatic carbocycles. The molecule has 0 saturated heterocycles. The van der Waals surface area contributed by atoms with Gasteiger partial charge in [0.1, 0.15) is 72.9 Å². The zero-order valence-electron chi connectivity index (χ0n) is 77.1. The summed E-state index contributed by atoms with van der Waals surface area (Å²) in [6, 6.07) is 94.6. The van der Waals surface area contributed by atoms with Gasteiger partial charge in [-0.1, -0.05) is 223 Å². The Hall–Kier alpha value is -15.2. The van der Waals surface area contributed by atoms with E-state index in [4.69, 9.17) is 37.4 Å². The van der Waals surface area contributed by atoms with E-state index in [1.54, 1.807) is 0 Å². The maximum absolute atomic E-state index is 9.86. The minimum atomic E-state index is -1.40. The lowest BCUT2D eigenvalue weighted by atomic mass is 9.90. The molecule has 0 saturated carbocycles. The third kappa shape index (κ3) is 16.2. The predicted molar refractivity (Wildman–Crippen MR) is 540 cm³/mol. The number of aromatic nitrogens is 4. The summed E-state index contributed by atoms with van der Waals surface area (Å²) >= 11 is 0. The first kappa shape index (κ1) is 86.9. The summed E-state index contributed by atoms with van der Waals surface area (Å²) in [5.74, 6) is 0.966. The van der Waals surface area contributed by atoms with E-state index in [9.17, 15) is 5.26 Å². The molecule has 0 spiro atoms. The van der Waals surface area contributed by atoms with Gasteiger partial charge in [-0.25, -0.2) is 32.8 Å². The second-order valence-corrected chi connectivity index (χ2v) is 47.0. The number of nitriles is 1. The molecule has 0 bridgehead atoms. The molecule has 636 valence electrons. The molecule has 0 unspecified atom stereocenters. The van der Waals surface area contributed by atoms with Crippen molar-refractivity contribution in [3.8, 4) is 95.6 Å². The molecule has 8 aromatic heterocycles. The standard InChI is InChI=1S/2C29H27N2OSi.2C29H25N2O/c1-19-10-15-22-23-16-17-24(30-2)27(20-11-13-21(14-12-20)33(4,5)6)29(23)32-28(22)26(19)25-9-7-8-18-31(25)3;1-19-10-15-23-25-18-21(30-2)17-24(20-11-13-22(14-12-20)33(4,5)6)28(25)32-29(23)27(19)26-9-7-8-16-31(26)3;1-18(2)20-9-11-21(12-10-20)23-16-19(3)27(25-8-6-7-15-31(25)5)29-28(23)24-17-22(30-4)13-14-26(24)32-29;1-18(2)20-11-13-21(14-12-20)23-16-19(3)26(24-9-5-6-15-31(24)4)29-28(23)27-22(17-30)8-7-10-25(27)32-29/h2*7-18H,1,3-6H3;6-18H,1-3,5H3;5-16,18H,1-4H3/q4*+1. The summed E-state index contributed by atoms with van der Waals surface area (Å²) in [6.07, 6.45) is 8.21. The molecule has 20 rings (SSSR count). The molecule has 0 radical (unpaired) electrons. The molecule has 0 N–H and O–H groups in total. The Morgan fingerprint density at radius 3 is 1.16 bits per heavy atom. The van der Waals surface area contributed by atoms with Crippen molar-refractivity contribution in [2.75, 3.05) is 0 Å². The van der Waals surface area contributed by atoms with Crippen molar-refractivity contribution < 1.29 is 35.9 Å². The Balaban J connectivity index is 0.000000121. The van der Waals surface area contributed by atoms with Crippen molar-refractivity contribution in [3.05, 3.63) is 365 Å². The molecule has 12 nitrogen and oxygen atoms in total. The van der Waals surface area contributed by atoms with Gasteiger partial charge >= 0.3 is 0 Å². The molecule has 0 aliphatic heterocycles. The van der Waals surface area contributed by atoms with Crippen LogP contribution in [0.25, 0.3) is 192 Å². The number of benzene rings is 12. The fourth-order valence-corrected chi connectivity index (χ4v) is 20.6. The van der Waals surface area contributed by atoms with Crippen LogP contribution in [0.3, 0.4) is 0 Å². The Morgan fingerprint density at radius 2 is 0.715 bits per heavy atom. The summed E-state index contributed by atoms with van der Waals surface area (Å²) in [6.45, 7) is 54.4. The van der Waals surface area contributed by atoms with E-state index in [1.807, 2.05) is 104 Å². The maximum Gasteiger partial charge on any atom is 0.216 e. The molecule has 8 heterocycles. The van der Waals surface area contributed by atoms with Crippen molar-refractivity contribution in [1.82, 2.24) is 0 Å². The third-order valence-electron chi connectivity index (χ3n) is 25.4. The van der Waals surface area contributed by atoms with E-state index in [1.165, 1.54) is 21.5 Å². The number of aryl methyl sites for hydroxylation is 8. The summed E-state index contributed by atoms with van der Waals surface area (Å²) in [4.78, 5) is 11.3. The molecule has 0 aliphatic carbocycles. The molecule has 0 atom stereocenters. The topological polar surface area (TPSA) is 105 Å². The third-order valence-corrected chi connectivity index (χ3v) is 29.6. The van der Waals surface area contributed by atoms with Gasteiger partial charge in [0.05, 0.1) is 69.8 Å². The highest BCUT2D eigenvalue weighted by molar-refractivity contribution is 6.89. The summed E-state index contributed by atoms with van der Waals surface area (Å²) in [5, 5.41) is 20.8. The molecule has 14 heteroatoms. The van der Waals surface area contributed by atoms with Crippen molar-refractivity contribution in [3.63, 3.8) is 0 Å². The van der Waals surface area contributed by atoms with Gasteiger partial charge in [0.2, 0.25) is 22.8 Å². The Kier molecular flexibility index (Phi) is 23.6. The van der Waals surface area contributed by atoms with Gasteiger partial charge in [-0.15, -0.1) is 0 Å². The van der Waals surface area contributed by atoms with Gasteiger partial charge in [0.15, 0.2) is 41.8 Å². The number of fused-ring (bicyclic) bond motifs is 12. The van der Waals surface area contributed by atoms with Crippen LogP contribution in [0.2, 0.25) is 39.3 Å². The normalized spacial score (nSPS) is 11.6. The highest BCUT2D eigenvalue weighted by atomic mass is 28.3. The van der Waals surface area contributed by atoms with Crippen LogP contribution < -0.4 is 28.6 Å². The number of rotatable bonds is 12. The van der Waals surface area contributed by atoms with Crippen LogP contribution in [0.1, 0.15) is 78.5 Å². The summed E-state index contributed by atoms with van der Waals surface area (Å²) < 4.78 is 34.7. The van der Waals surface area contributed by atoms with Crippen molar-refractivity contribution in [2.45, 2.75) is 107 Å². The molecule has 130 heavy (non-hydrogen) atoms. The first-order valence-corrected chi connectivity index (χ1v) is 51.3. The number of pyridine rings is 4. The number of furan rings is 4. The first-order chi connectivity index (χ1) is 62.5. The van der Waals surface area contributed by atoms with E-state index in [2.05, 4.69) is 349 Å². The number of hydrogen-bond donors (Lipinski definition) is 0. The number of nitrogens with zero attached hydrogens (tertiary/aromatic N) is 8. The molecule has 0 amide bonds. The maximum atomic E-state index is 9.86. The van der Waals surface area contributed by atoms with Crippen LogP contribution in [0.15, 0.2) is 309 Å². The van der Waals surface area contributed by atoms with E-state index in [-0.39, 0.29) is 0 Å². The molecule has 20 aromatic rings. The van der Waals surface area contributed by atoms with Gasteiger partial charge in [-0.3, -0.25) is 0 Å². The average Bonchev–Trinajstić information content (AvgIpc) is 1.59. The second-order valence-electron chi connectivity index (χ2n) is 36.8. The quantitative estimate of drug-likeness (QED) is 0.0688. The van der Waals surface area contributed by atoms with Crippen molar-refractivity contribution >= 4 is 131 Å². The largest absolute Gasteiger partial charge is 0.456 e. The Bertz CT molecular complexity index is 8010. The fourth-order valence-electron chi connectivity index (χ4n) is 18.3. The lowest BCUT2D eigenvalue weighted by Gasteiger charge is -2.17. The molecular formula is C116H104N8O4Si2+4. The van der Waals surface area contributed by atoms with Gasteiger partial charge in [0.25, 0.3) is 0 Å². The summed E-state index contributed by atoms with van der Waals surface area (Å²) in [7, 11) is 5.42. The SMILES string of the molecule is Cc1cc(-c2ccc(C(C)C)cc2)c2c(oc3cccc(C#N)c32)c1-c1cccc[n+]1C.[C-]#[N+]c1cc(-c2ccc([Si](C)(C)C)cc2)c2oc3c(-c4cccc[n+]4C)c(C)ccc3c2c1.[C-]#[N+]c1ccc2c(oc3c(-c4cccc[n+]4C)c(C)ccc32)c1-c1ccc([Si](C)(C)C)cc1.[C-]#[N+]c1ccc2oc3c(-c4cccc[n+]4C)c(C)cc(-c4ccc(C(C)C)cc4)c3c2c1. The van der Waals surface area contributed by atoms with Crippen LogP contribution >= 0.6 is 0 Å². The number of hydrogen-bond acceptors (Lipinski definition) is 5. The minimum absolute atomic E-state index is 0.478. The fraction of sp³-hybridized carbons (Fsp3) is 0.172. The van der Waals surface area contributed by atoms with Crippen LogP contribution in [0.4, 0.5) is 17.1 Å². The van der Waals surface area contributed by atoms with E-state index in [0.717, 1.165) is 200 Å². The minimum Gasteiger partial charge on any atom is -0.456 e. The zero-order chi connectivity index (χ0) is 91.5. The molecule has 0 fully saturated rings. The zero-order valence-corrected chi connectivity index (χ0v) is 79.1. The van der Waals surface area contributed by atoms with E-state index in [0.29, 0.717) is 34.5 Å². The van der Waals surface area contributed by atoms with Gasteiger partial charge in [-0.05, 0) is 179 Å². The van der Waals surface area contributed by atoms with Crippen molar-refractivity contribution in [2.24, 2.45) is 28.2 Å². The highest BCUT2D eigenvalue weighted by Crippen LogP contribution is 2.50. The monoisotopic (exact) mass is 1730 g/mol. The Morgan fingerprint density at radius 1 is 0.315 bits per heavy atom. The van der Waals surface area contributed by atoms with Crippen molar-refractivity contribution in [1.29, 1.82) is 5.26 Å². The molecule has 0 aliphatic rings.